The summed E-state index contributed by atoms with van der Waals surface area (Å²) >= 11 is 0. The Morgan fingerprint density at radius 1 is 1.00 bits per heavy atom. The summed E-state index contributed by atoms with van der Waals surface area (Å²) in [4.78, 5) is 8.59. The van der Waals surface area contributed by atoms with Crippen LogP contribution in [0.1, 0.15) is 5.56 Å². The Morgan fingerprint density at radius 3 is 2.80 bits per heavy atom. The van der Waals surface area contributed by atoms with Gasteiger partial charge in [0.05, 0.1) is 5.52 Å². The molecule has 2 aromatic heterocycles. The van der Waals surface area contributed by atoms with Gasteiger partial charge in [-0.2, -0.15) is 0 Å². The zero-order valence-corrected chi connectivity index (χ0v) is 8.44. The first-order valence-electron chi connectivity index (χ1n) is 4.94. The third-order valence-electron chi connectivity index (χ3n) is 2.60. The lowest BCUT2D eigenvalue weighted by molar-refractivity contribution is 1.33. The van der Waals surface area contributed by atoms with Crippen LogP contribution >= 0.6 is 0 Å². The van der Waals surface area contributed by atoms with E-state index in [1.807, 2.05) is 24.7 Å². The standard InChI is InChI=1S/C13H10N2/c1-9-6-10-2-3-11-8-14-5-4-12(11)13(10)15-7-9/h2-8H,1H3. The number of fused-ring (bicyclic) bond motifs is 3. The van der Waals surface area contributed by atoms with Gasteiger partial charge in [-0.25, -0.2) is 0 Å². The van der Waals surface area contributed by atoms with Crippen LogP contribution in [0.5, 0.6) is 0 Å². The Balaban J connectivity index is 2.55. The molecule has 0 aliphatic carbocycles. The molecule has 0 fully saturated rings. The average Bonchev–Trinajstić information content (AvgIpc) is 2.28. The highest BCUT2D eigenvalue weighted by molar-refractivity contribution is 6.04. The number of rotatable bonds is 0. The van der Waals surface area contributed by atoms with Crippen LogP contribution in [0.3, 0.4) is 0 Å². The predicted molar refractivity (Wildman–Crippen MR) is 61.8 cm³/mol. The van der Waals surface area contributed by atoms with E-state index in [0.29, 0.717) is 0 Å². The largest absolute Gasteiger partial charge is 0.264 e. The number of benzene rings is 1. The number of aromatic nitrogens is 2. The lowest BCUT2D eigenvalue weighted by atomic mass is 10.1. The van der Waals surface area contributed by atoms with Gasteiger partial charge in [-0.05, 0) is 24.6 Å². The second kappa shape index (κ2) is 3.02. The molecule has 0 aliphatic rings. The Bertz CT molecular complexity index is 644. The number of hydrogen-bond donors (Lipinski definition) is 0. The van der Waals surface area contributed by atoms with Crippen LogP contribution in [0.4, 0.5) is 0 Å². The summed E-state index contributed by atoms with van der Waals surface area (Å²) in [6, 6.07) is 8.35. The molecule has 3 aromatic rings. The molecule has 0 bridgehead atoms. The first kappa shape index (κ1) is 8.36. The fourth-order valence-electron chi connectivity index (χ4n) is 1.88. The lowest BCUT2D eigenvalue weighted by Crippen LogP contribution is -1.84. The molecule has 0 saturated heterocycles. The molecular weight excluding hydrogens is 184 g/mol. The van der Waals surface area contributed by atoms with Crippen molar-refractivity contribution in [2.45, 2.75) is 6.92 Å². The van der Waals surface area contributed by atoms with E-state index in [9.17, 15) is 0 Å². The van der Waals surface area contributed by atoms with Gasteiger partial charge in [0.2, 0.25) is 0 Å². The first-order valence-corrected chi connectivity index (χ1v) is 4.94. The van der Waals surface area contributed by atoms with Crippen molar-refractivity contribution in [3.05, 3.63) is 48.4 Å². The summed E-state index contributed by atoms with van der Waals surface area (Å²) in [6.07, 6.45) is 5.59. The maximum absolute atomic E-state index is 4.48. The molecule has 0 aliphatic heterocycles. The van der Waals surface area contributed by atoms with Crippen molar-refractivity contribution in [2.75, 3.05) is 0 Å². The van der Waals surface area contributed by atoms with Crippen molar-refractivity contribution in [3.63, 3.8) is 0 Å². The van der Waals surface area contributed by atoms with Crippen molar-refractivity contribution in [2.24, 2.45) is 0 Å². The quantitative estimate of drug-likeness (QED) is 0.514. The fourth-order valence-corrected chi connectivity index (χ4v) is 1.88. The van der Waals surface area contributed by atoms with Crippen LogP contribution in [0.25, 0.3) is 21.7 Å². The normalized spacial score (nSPS) is 11.0. The van der Waals surface area contributed by atoms with Crippen molar-refractivity contribution < 1.29 is 0 Å². The molecule has 0 radical (unpaired) electrons. The highest BCUT2D eigenvalue weighted by Gasteiger charge is 2.00. The summed E-state index contributed by atoms with van der Waals surface area (Å²) in [5.41, 5.74) is 2.25. The molecule has 15 heavy (non-hydrogen) atoms. The number of pyridine rings is 2. The van der Waals surface area contributed by atoms with Crippen molar-refractivity contribution in [1.82, 2.24) is 9.97 Å². The maximum atomic E-state index is 4.48. The van der Waals surface area contributed by atoms with E-state index in [4.69, 9.17) is 0 Å². The molecular formula is C13H10N2. The predicted octanol–water partition coefficient (Wildman–Crippen LogP) is 3.09. The first-order chi connectivity index (χ1) is 7.34. The molecule has 2 nitrogen and oxygen atoms in total. The molecule has 0 atom stereocenters. The average molecular weight is 194 g/mol. The van der Waals surface area contributed by atoms with Gasteiger partial charge in [0.25, 0.3) is 0 Å². The van der Waals surface area contributed by atoms with E-state index < -0.39 is 0 Å². The minimum absolute atomic E-state index is 1.06. The van der Waals surface area contributed by atoms with Gasteiger partial charge in [0.1, 0.15) is 0 Å². The lowest BCUT2D eigenvalue weighted by Gasteiger charge is -2.02. The summed E-state index contributed by atoms with van der Waals surface area (Å²) in [6.45, 7) is 2.06. The molecule has 1 aromatic carbocycles. The summed E-state index contributed by atoms with van der Waals surface area (Å²) in [5, 5.41) is 3.50. The summed E-state index contributed by atoms with van der Waals surface area (Å²) < 4.78 is 0. The molecule has 0 unspecified atom stereocenters. The van der Waals surface area contributed by atoms with Crippen LogP contribution in [0.2, 0.25) is 0 Å². The van der Waals surface area contributed by atoms with Gasteiger partial charge in [0, 0.05) is 34.7 Å². The fraction of sp³-hybridized carbons (Fsp3) is 0.0769. The van der Waals surface area contributed by atoms with Gasteiger partial charge in [0.15, 0.2) is 0 Å². The molecule has 2 heterocycles. The van der Waals surface area contributed by atoms with Crippen molar-refractivity contribution >= 4 is 21.7 Å². The van der Waals surface area contributed by atoms with E-state index in [2.05, 4.69) is 35.1 Å². The Kier molecular flexibility index (Phi) is 1.68. The summed E-state index contributed by atoms with van der Waals surface area (Å²) in [5.74, 6) is 0. The minimum atomic E-state index is 1.06. The van der Waals surface area contributed by atoms with Gasteiger partial charge < -0.3 is 0 Å². The van der Waals surface area contributed by atoms with E-state index in [1.54, 1.807) is 0 Å². The van der Waals surface area contributed by atoms with Gasteiger partial charge in [-0.1, -0.05) is 12.1 Å². The van der Waals surface area contributed by atoms with E-state index in [0.717, 1.165) is 10.9 Å². The van der Waals surface area contributed by atoms with Crippen molar-refractivity contribution in [1.29, 1.82) is 0 Å². The third kappa shape index (κ3) is 1.26. The van der Waals surface area contributed by atoms with Gasteiger partial charge >= 0.3 is 0 Å². The second-order valence-electron chi connectivity index (χ2n) is 3.75. The van der Waals surface area contributed by atoms with Crippen LogP contribution in [-0.2, 0) is 0 Å². The van der Waals surface area contributed by atoms with E-state index in [-0.39, 0.29) is 0 Å². The molecule has 2 heteroatoms. The number of hydrogen-bond acceptors (Lipinski definition) is 2. The van der Waals surface area contributed by atoms with Crippen LogP contribution < -0.4 is 0 Å². The third-order valence-corrected chi connectivity index (χ3v) is 2.60. The summed E-state index contributed by atoms with van der Waals surface area (Å²) in [7, 11) is 0. The molecule has 72 valence electrons. The number of nitrogens with zero attached hydrogens (tertiary/aromatic N) is 2. The Hall–Kier alpha value is -1.96. The van der Waals surface area contributed by atoms with Gasteiger partial charge in [-0.15, -0.1) is 0 Å². The SMILES string of the molecule is Cc1cnc2c(ccc3cnccc32)c1. The monoisotopic (exact) mass is 194 g/mol. The Labute approximate surface area is 87.6 Å². The van der Waals surface area contributed by atoms with E-state index in [1.165, 1.54) is 16.3 Å². The molecule has 0 spiro atoms. The minimum Gasteiger partial charge on any atom is -0.264 e. The van der Waals surface area contributed by atoms with Crippen LogP contribution in [0, 0.1) is 6.92 Å². The number of aryl methyl sites for hydroxylation is 1. The van der Waals surface area contributed by atoms with Crippen LogP contribution in [0.15, 0.2) is 42.9 Å². The molecule has 0 amide bonds. The van der Waals surface area contributed by atoms with Crippen LogP contribution in [-0.4, -0.2) is 9.97 Å². The second-order valence-corrected chi connectivity index (χ2v) is 3.75. The molecule has 3 rings (SSSR count). The maximum Gasteiger partial charge on any atom is 0.0781 e. The Morgan fingerprint density at radius 2 is 1.87 bits per heavy atom. The van der Waals surface area contributed by atoms with E-state index >= 15 is 0 Å². The molecule has 0 N–H and O–H groups in total. The molecule has 0 saturated carbocycles. The highest BCUT2D eigenvalue weighted by atomic mass is 14.7. The topological polar surface area (TPSA) is 25.8 Å². The zero-order chi connectivity index (χ0) is 10.3. The zero-order valence-electron chi connectivity index (χ0n) is 8.44. The smallest absolute Gasteiger partial charge is 0.0781 e. The van der Waals surface area contributed by atoms with Gasteiger partial charge in [-0.3, -0.25) is 9.97 Å². The highest BCUT2D eigenvalue weighted by Crippen LogP contribution is 2.22. The van der Waals surface area contributed by atoms with Crippen molar-refractivity contribution in [3.8, 4) is 0 Å².